The molecule has 2 fully saturated rings. The van der Waals surface area contributed by atoms with Gasteiger partial charge in [-0.25, -0.2) is 0 Å². The second-order valence-electron chi connectivity index (χ2n) is 7.27. The highest BCUT2D eigenvalue weighted by Crippen LogP contribution is 2.39. The minimum Gasteiger partial charge on any atom is -0.0628 e. The van der Waals surface area contributed by atoms with Crippen LogP contribution in [-0.4, -0.2) is 0 Å². The summed E-state index contributed by atoms with van der Waals surface area (Å²) in [5, 5.41) is 0. The molecule has 0 aromatic heterocycles. The van der Waals surface area contributed by atoms with E-state index in [1.807, 2.05) is 0 Å². The van der Waals surface area contributed by atoms with Crippen LogP contribution in [0.5, 0.6) is 0 Å². The van der Waals surface area contributed by atoms with Gasteiger partial charge in [-0.3, -0.25) is 0 Å². The summed E-state index contributed by atoms with van der Waals surface area (Å²) in [6, 6.07) is 0. The second kappa shape index (κ2) is 6.81. The minimum absolute atomic E-state index is 0.911. The van der Waals surface area contributed by atoms with E-state index < -0.39 is 0 Å². The molecule has 2 aliphatic carbocycles. The third-order valence-electron chi connectivity index (χ3n) is 5.09. The van der Waals surface area contributed by atoms with E-state index in [9.17, 15) is 0 Å². The van der Waals surface area contributed by atoms with Crippen LogP contribution in [0.3, 0.4) is 0 Å². The van der Waals surface area contributed by atoms with Crippen LogP contribution in [-0.2, 0) is 0 Å². The van der Waals surface area contributed by atoms with Gasteiger partial charge >= 0.3 is 0 Å². The lowest BCUT2D eigenvalue weighted by molar-refractivity contribution is 0.189. The highest BCUT2D eigenvalue weighted by atomic mass is 14.3. The van der Waals surface area contributed by atoms with Crippen molar-refractivity contribution in [1.29, 1.82) is 0 Å². The van der Waals surface area contributed by atoms with E-state index in [4.69, 9.17) is 0 Å². The average molecular weight is 236 g/mol. The molecule has 2 unspecified atom stereocenters. The predicted octanol–water partition coefficient (Wildman–Crippen LogP) is 5.81. The van der Waals surface area contributed by atoms with E-state index in [1.165, 1.54) is 38.5 Å². The minimum atomic E-state index is 0.911. The van der Waals surface area contributed by atoms with Gasteiger partial charge in [0.1, 0.15) is 0 Å². The molecule has 0 bridgehead atoms. The molecule has 0 N–H and O–H groups in total. The summed E-state index contributed by atoms with van der Waals surface area (Å²) >= 11 is 0. The number of hydrogen-bond donors (Lipinski definition) is 0. The first-order valence-corrected chi connectivity index (χ1v) is 8.24. The van der Waals surface area contributed by atoms with Gasteiger partial charge in [-0.05, 0) is 42.9 Å². The molecule has 0 saturated heterocycles. The molecule has 100 valence electrons. The normalized spacial score (nSPS) is 31.9. The van der Waals surface area contributed by atoms with E-state index in [2.05, 4.69) is 13.8 Å². The largest absolute Gasteiger partial charge is 0.0628 e. The van der Waals surface area contributed by atoms with Gasteiger partial charge in [0.05, 0.1) is 0 Å². The lowest BCUT2D eigenvalue weighted by Crippen LogP contribution is -2.20. The maximum Gasteiger partial charge on any atom is -0.0409 e. The van der Waals surface area contributed by atoms with Crippen LogP contribution in [0.1, 0.15) is 84.5 Å². The monoisotopic (exact) mass is 236 g/mol. The van der Waals surface area contributed by atoms with E-state index in [0.717, 1.165) is 23.7 Å². The molecule has 2 saturated carbocycles. The molecule has 0 nitrogen and oxygen atoms in total. The quantitative estimate of drug-likeness (QED) is 0.578. The molecular weight excluding hydrogens is 204 g/mol. The molecule has 0 aromatic rings. The summed E-state index contributed by atoms with van der Waals surface area (Å²) in [6.45, 7) is 4.79. The molecular formula is C17H32. The Balaban J connectivity index is 1.72. The Morgan fingerprint density at radius 2 is 1.41 bits per heavy atom. The molecule has 0 aromatic carbocycles. The SMILES string of the molecule is CC(C)CC1CCCC(CC2CCCCC2)C1. The summed E-state index contributed by atoms with van der Waals surface area (Å²) in [4.78, 5) is 0. The summed E-state index contributed by atoms with van der Waals surface area (Å²) < 4.78 is 0. The Kier molecular flexibility index (Phi) is 5.38. The molecule has 0 heterocycles. The summed E-state index contributed by atoms with van der Waals surface area (Å²) in [5.41, 5.74) is 0. The van der Waals surface area contributed by atoms with Crippen molar-refractivity contribution in [3.05, 3.63) is 0 Å². The molecule has 0 radical (unpaired) electrons. The van der Waals surface area contributed by atoms with Crippen LogP contribution in [0.15, 0.2) is 0 Å². The average Bonchev–Trinajstić information content (AvgIpc) is 2.30. The van der Waals surface area contributed by atoms with E-state index in [1.54, 1.807) is 32.1 Å². The van der Waals surface area contributed by atoms with E-state index in [0.29, 0.717) is 0 Å². The number of hydrogen-bond acceptors (Lipinski definition) is 0. The third-order valence-corrected chi connectivity index (χ3v) is 5.09. The summed E-state index contributed by atoms with van der Waals surface area (Å²) in [6.07, 6.45) is 16.9. The van der Waals surface area contributed by atoms with Gasteiger partial charge < -0.3 is 0 Å². The molecule has 17 heavy (non-hydrogen) atoms. The van der Waals surface area contributed by atoms with Crippen LogP contribution in [0.2, 0.25) is 0 Å². The van der Waals surface area contributed by atoms with Crippen LogP contribution < -0.4 is 0 Å². The lowest BCUT2D eigenvalue weighted by Gasteiger charge is -2.33. The lowest BCUT2D eigenvalue weighted by atomic mass is 9.73. The fourth-order valence-corrected chi connectivity index (χ4v) is 4.39. The standard InChI is InChI=1S/C17H32/c1-14(2)11-16-9-6-10-17(13-16)12-15-7-4-3-5-8-15/h14-17H,3-13H2,1-2H3. The van der Waals surface area contributed by atoms with Crippen LogP contribution in [0.4, 0.5) is 0 Å². The third kappa shape index (κ3) is 4.64. The van der Waals surface area contributed by atoms with Crippen molar-refractivity contribution in [2.45, 2.75) is 84.5 Å². The molecule has 2 aliphatic rings. The van der Waals surface area contributed by atoms with Crippen molar-refractivity contribution in [3.8, 4) is 0 Å². The fourth-order valence-electron chi connectivity index (χ4n) is 4.39. The van der Waals surface area contributed by atoms with Crippen molar-refractivity contribution < 1.29 is 0 Å². The van der Waals surface area contributed by atoms with E-state index in [-0.39, 0.29) is 0 Å². The smallest absolute Gasteiger partial charge is 0.0409 e. The molecule has 2 rings (SSSR count). The first-order valence-electron chi connectivity index (χ1n) is 8.24. The van der Waals surface area contributed by atoms with E-state index >= 15 is 0 Å². The first-order chi connectivity index (χ1) is 8.24. The Morgan fingerprint density at radius 1 is 0.765 bits per heavy atom. The van der Waals surface area contributed by atoms with Crippen LogP contribution >= 0.6 is 0 Å². The van der Waals surface area contributed by atoms with Crippen molar-refractivity contribution in [2.24, 2.45) is 23.7 Å². The second-order valence-corrected chi connectivity index (χ2v) is 7.27. The fraction of sp³-hybridized carbons (Fsp3) is 1.00. The predicted molar refractivity (Wildman–Crippen MR) is 76.1 cm³/mol. The highest BCUT2D eigenvalue weighted by Gasteiger charge is 2.25. The summed E-state index contributed by atoms with van der Waals surface area (Å²) in [7, 11) is 0. The van der Waals surface area contributed by atoms with Gasteiger partial charge in [-0.1, -0.05) is 65.2 Å². The molecule has 0 aliphatic heterocycles. The van der Waals surface area contributed by atoms with Crippen molar-refractivity contribution >= 4 is 0 Å². The Hall–Kier alpha value is 0. The zero-order valence-corrected chi connectivity index (χ0v) is 12.1. The van der Waals surface area contributed by atoms with Crippen LogP contribution in [0.25, 0.3) is 0 Å². The van der Waals surface area contributed by atoms with Gasteiger partial charge in [0.25, 0.3) is 0 Å². The van der Waals surface area contributed by atoms with Crippen molar-refractivity contribution in [2.75, 3.05) is 0 Å². The number of rotatable bonds is 4. The maximum atomic E-state index is 2.39. The molecule has 0 amide bonds. The Labute approximate surface area is 109 Å². The Bertz CT molecular complexity index is 200. The van der Waals surface area contributed by atoms with Crippen molar-refractivity contribution in [1.82, 2.24) is 0 Å². The molecule has 0 heteroatoms. The molecule has 2 atom stereocenters. The zero-order chi connectivity index (χ0) is 12.1. The zero-order valence-electron chi connectivity index (χ0n) is 12.1. The topological polar surface area (TPSA) is 0 Å². The van der Waals surface area contributed by atoms with Gasteiger partial charge in [0.2, 0.25) is 0 Å². The van der Waals surface area contributed by atoms with Crippen molar-refractivity contribution in [3.63, 3.8) is 0 Å². The molecule has 0 spiro atoms. The highest BCUT2D eigenvalue weighted by molar-refractivity contribution is 4.77. The van der Waals surface area contributed by atoms with Gasteiger partial charge in [-0.2, -0.15) is 0 Å². The Morgan fingerprint density at radius 3 is 2.12 bits per heavy atom. The van der Waals surface area contributed by atoms with Crippen LogP contribution in [0, 0.1) is 23.7 Å². The van der Waals surface area contributed by atoms with Gasteiger partial charge in [0, 0.05) is 0 Å². The summed E-state index contributed by atoms with van der Waals surface area (Å²) in [5.74, 6) is 4.17. The van der Waals surface area contributed by atoms with Gasteiger partial charge in [0.15, 0.2) is 0 Å². The van der Waals surface area contributed by atoms with Gasteiger partial charge in [-0.15, -0.1) is 0 Å². The first kappa shape index (κ1) is 13.4. The maximum absolute atomic E-state index is 2.39.